The Labute approximate surface area is 123 Å². The monoisotopic (exact) mass is 281 g/mol. The third-order valence-electron chi connectivity index (χ3n) is 5.26. The zero-order chi connectivity index (χ0) is 14.3. The van der Waals surface area contributed by atoms with E-state index in [1.807, 2.05) is 0 Å². The summed E-state index contributed by atoms with van der Waals surface area (Å²) in [6.07, 6.45) is 15.1. The molecular weight excluding hydrogens is 250 g/mol. The van der Waals surface area contributed by atoms with Crippen molar-refractivity contribution < 1.29 is 9.90 Å². The molecule has 0 saturated heterocycles. The average molecular weight is 281 g/mol. The second-order valence-electron chi connectivity index (χ2n) is 6.94. The molecule has 0 aliphatic heterocycles. The highest BCUT2D eigenvalue weighted by molar-refractivity contribution is 5.76. The van der Waals surface area contributed by atoms with Crippen LogP contribution in [-0.4, -0.2) is 23.2 Å². The summed E-state index contributed by atoms with van der Waals surface area (Å²) in [7, 11) is 0. The maximum Gasteiger partial charge on any atom is 0.220 e. The highest BCUT2D eigenvalue weighted by atomic mass is 16.3. The second-order valence-corrected chi connectivity index (χ2v) is 6.94. The van der Waals surface area contributed by atoms with Gasteiger partial charge < -0.3 is 10.4 Å². The fraction of sp³-hybridized carbons (Fsp3) is 0.941. The molecule has 2 aliphatic carbocycles. The smallest absolute Gasteiger partial charge is 0.220 e. The minimum Gasteiger partial charge on any atom is -0.394 e. The van der Waals surface area contributed by atoms with Crippen LogP contribution in [0.15, 0.2) is 0 Å². The Bertz CT molecular complexity index is 291. The summed E-state index contributed by atoms with van der Waals surface area (Å²) in [6.45, 7) is 0.0986. The molecule has 3 nitrogen and oxygen atoms in total. The Hall–Kier alpha value is -0.570. The van der Waals surface area contributed by atoms with Gasteiger partial charge in [-0.1, -0.05) is 51.4 Å². The van der Waals surface area contributed by atoms with Crippen molar-refractivity contribution in [3.05, 3.63) is 0 Å². The molecule has 3 heteroatoms. The third kappa shape index (κ3) is 4.76. The molecule has 0 aromatic heterocycles. The molecule has 0 aromatic rings. The highest BCUT2D eigenvalue weighted by Gasteiger charge is 2.32. The van der Waals surface area contributed by atoms with Crippen molar-refractivity contribution in [1.29, 1.82) is 0 Å². The summed E-state index contributed by atoms with van der Waals surface area (Å²) < 4.78 is 0. The normalized spacial score (nSPS) is 23.4. The molecule has 0 unspecified atom stereocenters. The first kappa shape index (κ1) is 15.8. The Morgan fingerprint density at radius 3 is 2.35 bits per heavy atom. The van der Waals surface area contributed by atoms with Gasteiger partial charge in [0.2, 0.25) is 5.91 Å². The molecule has 0 heterocycles. The second kappa shape index (κ2) is 8.02. The molecule has 0 bridgehead atoms. The van der Waals surface area contributed by atoms with Gasteiger partial charge in [0, 0.05) is 6.42 Å². The van der Waals surface area contributed by atoms with E-state index in [0.29, 0.717) is 6.42 Å². The Morgan fingerprint density at radius 1 is 1.05 bits per heavy atom. The molecule has 0 aromatic carbocycles. The first-order chi connectivity index (χ1) is 9.74. The fourth-order valence-corrected chi connectivity index (χ4v) is 3.94. The number of nitrogens with one attached hydrogen (secondary N) is 1. The summed E-state index contributed by atoms with van der Waals surface area (Å²) in [5.41, 5.74) is -0.305. The molecule has 2 rings (SSSR count). The predicted molar refractivity (Wildman–Crippen MR) is 81.5 cm³/mol. The maximum absolute atomic E-state index is 12.1. The van der Waals surface area contributed by atoms with E-state index < -0.39 is 0 Å². The minimum atomic E-state index is -0.305. The summed E-state index contributed by atoms with van der Waals surface area (Å²) in [4.78, 5) is 12.1. The summed E-state index contributed by atoms with van der Waals surface area (Å²) in [6, 6.07) is 0. The van der Waals surface area contributed by atoms with Gasteiger partial charge in [-0.25, -0.2) is 0 Å². The number of rotatable bonds is 6. The molecule has 2 saturated carbocycles. The summed E-state index contributed by atoms with van der Waals surface area (Å²) >= 11 is 0. The molecule has 0 spiro atoms. The van der Waals surface area contributed by atoms with Gasteiger partial charge in [-0.05, 0) is 31.6 Å². The van der Waals surface area contributed by atoms with Gasteiger partial charge in [0.05, 0.1) is 12.1 Å². The van der Waals surface area contributed by atoms with Gasteiger partial charge in [-0.2, -0.15) is 0 Å². The van der Waals surface area contributed by atoms with Gasteiger partial charge >= 0.3 is 0 Å². The quantitative estimate of drug-likeness (QED) is 0.782. The zero-order valence-electron chi connectivity index (χ0n) is 12.8. The third-order valence-corrected chi connectivity index (χ3v) is 5.26. The molecule has 1 amide bonds. The van der Waals surface area contributed by atoms with Crippen molar-refractivity contribution in [3.8, 4) is 0 Å². The highest BCUT2D eigenvalue weighted by Crippen LogP contribution is 2.29. The van der Waals surface area contributed by atoms with Crippen molar-refractivity contribution in [1.82, 2.24) is 5.32 Å². The van der Waals surface area contributed by atoms with Crippen molar-refractivity contribution in [3.63, 3.8) is 0 Å². The SMILES string of the molecule is O=C(CCCC1CCCCC1)NC1(CO)CCCCC1. The van der Waals surface area contributed by atoms with E-state index in [-0.39, 0.29) is 18.1 Å². The summed E-state index contributed by atoms with van der Waals surface area (Å²) in [5, 5.41) is 12.7. The minimum absolute atomic E-state index is 0.0986. The first-order valence-electron chi connectivity index (χ1n) is 8.66. The lowest BCUT2D eigenvalue weighted by Gasteiger charge is -2.36. The number of aliphatic hydroxyl groups excluding tert-OH is 1. The van der Waals surface area contributed by atoms with Gasteiger partial charge in [-0.3, -0.25) is 4.79 Å². The van der Waals surface area contributed by atoms with Crippen LogP contribution in [0.2, 0.25) is 0 Å². The number of carbonyl (C=O) groups is 1. The van der Waals surface area contributed by atoms with Crippen LogP contribution in [0.3, 0.4) is 0 Å². The maximum atomic E-state index is 12.1. The summed E-state index contributed by atoms with van der Waals surface area (Å²) in [5.74, 6) is 1.01. The number of hydrogen-bond donors (Lipinski definition) is 2. The van der Waals surface area contributed by atoms with Crippen molar-refractivity contribution in [2.45, 2.75) is 89.0 Å². The van der Waals surface area contributed by atoms with E-state index >= 15 is 0 Å². The van der Waals surface area contributed by atoms with Crippen LogP contribution in [0.4, 0.5) is 0 Å². The van der Waals surface area contributed by atoms with Crippen LogP contribution >= 0.6 is 0 Å². The van der Waals surface area contributed by atoms with Crippen LogP contribution in [0.1, 0.15) is 83.5 Å². The Kier molecular flexibility index (Phi) is 6.34. The van der Waals surface area contributed by atoms with Gasteiger partial charge in [-0.15, -0.1) is 0 Å². The molecule has 2 N–H and O–H groups in total. The van der Waals surface area contributed by atoms with E-state index in [9.17, 15) is 9.90 Å². The van der Waals surface area contributed by atoms with Crippen LogP contribution < -0.4 is 5.32 Å². The largest absolute Gasteiger partial charge is 0.394 e. The fourth-order valence-electron chi connectivity index (χ4n) is 3.94. The molecule has 0 atom stereocenters. The topological polar surface area (TPSA) is 49.3 Å². The molecule has 20 heavy (non-hydrogen) atoms. The number of aliphatic hydroxyl groups is 1. The van der Waals surface area contributed by atoms with Crippen molar-refractivity contribution >= 4 is 5.91 Å². The van der Waals surface area contributed by atoms with Crippen LogP contribution in [0, 0.1) is 5.92 Å². The lowest BCUT2D eigenvalue weighted by Crippen LogP contribution is -2.52. The lowest BCUT2D eigenvalue weighted by atomic mass is 9.82. The van der Waals surface area contributed by atoms with Crippen molar-refractivity contribution in [2.75, 3.05) is 6.61 Å². The predicted octanol–water partition coefficient (Wildman–Crippen LogP) is 3.55. The van der Waals surface area contributed by atoms with Crippen LogP contribution in [0.5, 0.6) is 0 Å². The number of carbonyl (C=O) groups excluding carboxylic acids is 1. The standard InChI is InChI=1S/C17H31NO2/c19-14-17(12-5-2-6-13-17)18-16(20)11-7-10-15-8-3-1-4-9-15/h15,19H,1-14H2,(H,18,20). The number of amides is 1. The average Bonchev–Trinajstić information content (AvgIpc) is 2.49. The van der Waals surface area contributed by atoms with Crippen LogP contribution in [0.25, 0.3) is 0 Å². The van der Waals surface area contributed by atoms with Crippen LogP contribution in [-0.2, 0) is 4.79 Å². The zero-order valence-corrected chi connectivity index (χ0v) is 12.8. The van der Waals surface area contributed by atoms with E-state index in [1.54, 1.807) is 0 Å². The molecule has 2 aliphatic rings. The van der Waals surface area contributed by atoms with Gasteiger partial charge in [0.25, 0.3) is 0 Å². The van der Waals surface area contributed by atoms with Crippen molar-refractivity contribution in [2.24, 2.45) is 5.92 Å². The molecule has 116 valence electrons. The Balaban J connectivity index is 1.66. The number of hydrogen-bond acceptors (Lipinski definition) is 2. The van der Waals surface area contributed by atoms with E-state index in [2.05, 4.69) is 5.32 Å². The van der Waals surface area contributed by atoms with E-state index in [4.69, 9.17) is 0 Å². The lowest BCUT2D eigenvalue weighted by molar-refractivity contribution is -0.124. The molecule has 2 fully saturated rings. The van der Waals surface area contributed by atoms with E-state index in [1.165, 1.54) is 44.9 Å². The van der Waals surface area contributed by atoms with Gasteiger partial charge in [0.1, 0.15) is 0 Å². The molecule has 0 radical (unpaired) electrons. The van der Waals surface area contributed by atoms with E-state index in [0.717, 1.165) is 38.0 Å². The first-order valence-corrected chi connectivity index (χ1v) is 8.66. The molecular formula is C17H31NO2. The Morgan fingerprint density at radius 2 is 1.70 bits per heavy atom. The van der Waals surface area contributed by atoms with Gasteiger partial charge in [0.15, 0.2) is 0 Å².